The van der Waals surface area contributed by atoms with Gasteiger partial charge in [0.05, 0.1) is 11.9 Å². The molecule has 1 aromatic rings. The summed E-state index contributed by atoms with van der Waals surface area (Å²) in [6.07, 6.45) is 3.91. The highest BCUT2D eigenvalue weighted by Gasteiger charge is 2.29. The minimum absolute atomic E-state index is 0.142. The standard InChI is InChI=1S/C7H9FN2O2S/c8-13(11,12)6-4-9-10-7(6)5-2-1-3-5/h4-5H,1-3H2,(H,9,10). The molecule has 0 saturated heterocycles. The van der Waals surface area contributed by atoms with Crippen molar-refractivity contribution in [1.29, 1.82) is 0 Å². The lowest BCUT2D eigenvalue weighted by Gasteiger charge is -2.24. The predicted octanol–water partition coefficient (Wildman–Crippen LogP) is 1.34. The molecule has 0 bridgehead atoms. The van der Waals surface area contributed by atoms with Crippen LogP contribution in [0.2, 0.25) is 0 Å². The maximum absolute atomic E-state index is 12.6. The topological polar surface area (TPSA) is 62.8 Å². The molecule has 0 aromatic carbocycles. The van der Waals surface area contributed by atoms with Crippen molar-refractivity contribution in [3.8, 4) is 0 Å². The summed E-state index contributed by atoms with van der Waals surface area (Å²) < 4.78 is 33.9. The number of H-pyrrole nitrogens is 1. The van der Waals surface area contributed by atoms with Crippen molar-refractivity contribution in [2.45, 2.75) is 30.1 Å². The lowest BCUT2D eigenvalue weighted by atomic mass is 9.83. The summed E-state index contributed by atoms with van der Waals surface area (Å²) in [6.45, 7) is 0. The summed E-state index contributed by atoms with van der Waals surface area (Å²) >= 11 is 0. The third-order valence-corrected chi connectivity index (χ3v) is 3.26. The van der Waals surface area contributed by atoms with E-state index >= 15 is 0 Å². The molecule has 2 rings (SSSR count). The van der Waals surface area contributed by atoms with E-state index in [1.807, 2.05) is 0 Å². The average Bonchev–Trinajstić information content (AvgIpc) is 2.29. The van der Waals surface area contributed by atoms with Crippen LogP contribution in [-0.4, -0.2) is 18.6 Å². The molecule has 1 fully saturated rings. The van der Waals surface area contributed by atoms with Crippen LogP contribution in [0.5, 0.6) is 0 Å². The highest BCUT2D eigenvalue weighted by molar-refractivity contribution is 7.86. The van der Waals surface area contributed by atoms with Gasteiger partial charge in [0.15, 0.2) is 0 Å². The number of hydrogen-bond donors (Lipinski definition) is 1. The Morgan fingerprint density at radius 1 is 1.54 bits per heavy atom. The monoisotopic (exact) mass is 204 g/mol. The second-order valence-electron chi connectivity index (χ2n) is 3.21. The Labute approximate surface area is 75.4 Å². The van der Waals surface area contributed by atoms with E-state index in [1.165, 1.54) is 0 Å². The lowest BCUT2D eigenvalue weighted by Crippen LogP contribution is -2.12. The van der Waals surface area contributed by atoms with Gasteiger partial charge in [-0.2, -0.15) is 13.5 Å². The number of hydrogen-bond acceptors (Lipinski definition) is 3. The number of aromatic nitrogens is 2. The van der Waals surface area contributed by atoms with Crippen molar-refractivity contribution in [2.24, 2.45) is 0 Å². The van der Waals surface area contributed by atoms with Gasteiger partial charge in [0.2, 0.25) is 0 Å². The van der Waals surface area contributed by atoms with Gasteiger partial charge in [0.1, 0.15) is 4.90 Å². The zero-order valence-electron chi connectivity index (χ0n) is 6.83. The van der Waals surface area contributed by atoms with Crippen molar-refractivity contribution in [3.05, 3.63) is 11.9 Å². The van der Waals surface area contributed by atoms with Crippen LogP contribution in [0.25, 0.3) is 0 Å². The van der Waals surface area contributed by atoms with Crippen molar-refractivity contribution < 1.29 is 12.3 Å². The van der Waals surface area contributed by atoms with Gasteiger partial charge >= 0.3 is 10.2 Å². The minimum atomic E-state index is -4.61. The summed E-state index contributed by atoms with van der Waals surface area (Å²) in [5.74, 6) is 0.142. The van der Waals surface area contributed by atoms with E-state index in [-0.39, 0.29) is 10.8 Å². The van der Waals surface area contributed by atoms with Crippen LogP contribution < -0.4 is 0 Å². The molecule has 1 aliphatic rings. The van der Waals surface area contributed by atoms with Crippen LogP contribution in [0.15, 0.2) is 11.1 Å². The number of halogens is 1. The molecule has 13 heavy (non-hydrogen) atoms. The first-order chi connectivity index (χ1) is 6.09. The van der Waals surface area contributed by atoms with Gasteiger partial charge in [-0.3, -0.25) is 5.10 Å². The van der Waals surface area contributed by atoms with Crippen LogP contribution in [0, 0.1) is 0 Å². The highest BCUT2D eigenvalue weighted by Crippen LogP contribution is 2.38. The van der Waals surface area contributed by atoms with Gasteiger partial charge in [-0.25, -0.2) is 0 Å². The molecule has 0 amide bonds. The molecule has 72 valence electrons. The maximum atomic E-state index is 12.6. The summed E-state index contributed by atoms with van der Waals surface area (Å²) in [5, 5.41) is 6.09. The molecule has 0 radical (unpaired) electrons. The van der Waals surface area contributed by atoms with Gasteiger partial charge < -0.3 is 0 Å². The molecule has 0 aliphatic heterocycles. The first-order valence-corrected chi connectivity index (χ1v) is 5.45. The molecule has 6 heteroatoms. The minimum Gasteiger partial charge on any atom is -0.281 e. The van der Waals surface area contributed by atoms with E-state index in [0.717, 1.165) is 25.5 Å². The summed E-state index contributed by atoms with van der Waals surface area (Å²) in [6, 6.07) is 0. The largest absolute Gasteiger partial charge is 0.335 e. The molecule has 1 aromatic heterocycles. The van der Waals surface area contributed by atoms with Gasteiger partial charge in [0, 0.05) is 5.92 Å². The van der Waals surface area contributed by atoms with Crippen molar-refractivity contribution in [3.63, 3.8) is 0 Å². The van der Waals surface area contributed by atoms with Crippen molar-refractivity contribution in [2.75, 3.05) is 0 Å². The van der Waals surface area contributed by atoms with E-state index in [1.54, 1.807) is 0 Å². The Kier molecular flexibility index (Phi) is 1.87. The molecule has 4 nitrogen and oxygen atoms in total. The Bertz CT molecular complexity index is 408. The smallest absolute Gasteiger partial charge is 0.281 e. The zero-order valence-corrected chi connectivity index (χ0v) is 7.64. The van der Waals surface area contributed by atoms with Gasteiger partial charge in [0.25, 0.3) is 0 Å². The average molecular weight is 204 g/mol. The fraction of sp³-hybridized carbons (Fsp3) is 0.571. The van der Waals surface area contributed by atoms with E-state index in [4.69, 9.17) is 0 Å². The fourth-order valence-corrected chi connectivity index (χ4v) is 2.12. The number of aromatic amines is 1. The Balaban J connectivity index is 2.41. The summed E-state index contributed by atoms with van der Waals surface area (Å²) in [7, 11) is -4.61. The number of rotatable bonds is 2. The van der Waals surface area contributed by atoms with E-state index in [9.17, 15) is 12.3 Å². The molecule has 1 heterocycles. The Morgan fingerprint density at radius 2 is 2.23 bits per heavy atom. The Hall–Kier alpha value is -0.910. The van der Waals surface area contributed by atoms with Gasteiger partial charge in [-0.1, -0.05) is 6.42 Å². The first-order valence-electron chi connectivity index (χ1n) is 4.07. The Morgan fingerprint density at radius 3 is 2.69 bits per heavy atom. The third-order valence-electron chi connectivity index (χ3n) is 2.41. The van der Waals surface area contributed by atoms with E-state index < -0.39 is 10.2 Å². The SMILES string of the molecule is O=S(=O)(F)c1cn[nH]c1C1CCC1. The molecule has 1 saturated carbocycles. The van der Waals surface area contributed by atoms with Crippen molar-refractivity contribution >= 4 is 10.2 Å². The maximum Gasteiger partial charge on any atom is 0.335 e. The van der Waals surface area contributed by atoms with Gasteiger partial charge in [-0.15, -0.1) is 3.89 Å². The highest BCUT2D eigenvalue weighted by atomic mass is 32.3. The van der Waals surface area contributed by atoms with E-state index in [0.29, 0.717) is 5.69 Å². The first kappa shape index (κ1) is 8.68. The van der Waals surface area contributed by atoms with Crippen LogP contribution in [-0.2, 0) is 10.2 Å². The molecule has 0 atom stereocenters. The normalized spacial score (nSPS) is 18.5. The molecular formula is C7H9FN2O2S. The second-order valence-corrected chi connectivity index (χ2v) is 4.53. The zero-order chi connectivity index (χ0) is 9.47. The second kappa shape index (κ2) is 2.80. The third kappa shape index (κ3) is 1.46. The van der Waals surface area contributed by atoms with Crippen molar-refractivity contribution in [1.82, 2.24) is 10.2 Å². The molecule has 1 N–H and O–H groups in total. The molecule has 0 unspecified atom stereocenters. The predicted molar refractivity (Wildman–Crippen MR) is 43.5 cm³/mol. The summed E-state index contributed by atoms with van der Waals surface area (Å²) in [4.78, 5) is -0.294. The quantitative estimate of drug-likeness (QED) is 0.739. The van der Waals surface area contributed by atoms with Crippen LogP contribution in [0.3, 0.4) is 0 Å². The number of nitrogens with one attached hydrogen (secondary N) is 1. The molecule has 0 spiro atoms. The fourth-order valence-electron chi connectivity index (χ4n) is 1.47. The van der Waals surface area contributed by atoms with Crippen LogP contribution >= 0.6 is 0 Å². The van der Waals surface area contributed by atoms with E-state index in [2.05, 4.69) is 10.2 Å². The molecular weight excluding hydrogens is 195 g/mol. The molecule has 1 aliphatic carbocycles. The lowest BCUT2D eigenvalue weighted by molar-refractivity contribution is 0.404. The van der Waals surface area contributed by atoms with Gasteiger partial charge in [-0.05, 0) is 12.8 Å². The number of nitrogens with zero attached hydrogens (tertiary/aromatic N) is 1. The van der Waals surface area contributed by atoms with Crippen LogP contribution in [0.1, 0.15) is 30.9 Å². The van der Waals surface area contributed by atoms with Crippen LogP contribution in [0.4, 0.5) is 3.89 Å². The summed E-state index contributed by atoms with van der Waals surface area (Å²) in [5.41, 5.74) is 0.425.